The summed E-state index contributed by atoms with van der Waals surface area (Å²) in [6, 6.07) is 8.85. The van der Waals surface area contributed by atoms with E-state index in [1.807, 2.05) is 0 Å². The number of anilines is 1. The first-order valence-electron chi connectivity index (χ1n) is 6.89. The molecule has 3 aromatic rings. The molecule has 2 aromatic heterocycles. The van der Waals surface area contributed by atoms with Crippen LogP contribution < -0.4 is 5.32 Å². The van der Waals surface area contributed by atoms with Crippen LogP contribution in [0, 0.1) is 12.7 Å². The Bertz CT molecular complexity index is 926. The molecule has 0 unspecified atom stereocenters. The Morgan fingerprint density at radius 1 is 1.25 bits per heavy atom. The van der Waals surface area contributed by atoms with Gasteiger partial charge in [0.25, 0.3) is 5.91 Å². The average Bonchev–Trinajstić information content (AvgIpc) is 2.88. The van der Waals surface area contributed by atoms with Gasteiger partial charge in [0.2, 0.25) is 0 Å². The van der Waals surface area contributed by atoms with Gasteiger partial charge in [-0.15, -0.1) is 0 Å². The molecule has 0 bridgehead atoms. The molecule has 24 heavy (non-hydrogen) atoms. The molecule has 0 spiro atoms. The van der Waals surface area contributed by atoms with Gasteiger partial charge in [0, 0.05) is 12.3 Å². The fraction of sp³-hybridized carbons (Fsp3) is 0.0625. The number of amides is 1. The predicted molar refractivity (Wildman–Crippen MR) is 90.5 cm³/mol. The molecule has 8 heteroatoms. The maximum Gasteiger partial charge on any atom is 0.259 e. The molecule has 0 aliphatic carbocycles. The first-order valence-corrected chi connectivity index (χ1v) is 7.65. The summed E-state index contributed by atoms with van der Waals surface area (Å²) in [5, 5.41) is 7.53. The van der Waals surface area contributed by atoms with Crippen LogP contribution in [0.15, 0.2) is 42.6 Å². The van der Waals surface area contributed by atoms with Gasteiger partial charge in [-0.25, -0.2) is 9.37 Å². The van der Waals surface area contributed by atoms with Crippen LogP contribution in [-0.2, 0) is 0 Å². The first kappa shape index (κ1) is 16.4. The van der Waals surface area contributed by atoms with Gasteiger partial charge in [0.05, 0.1) is 21.3 Å². The van der Waals surface area contributed by atoms with Crippen molar-refractivity contribution in [2.45, 2.75) is 6.92 Å². The smallest absolute Gasteiger partial charge is 0.259 e. The molecule has 3 rings (SSSR count). The van der Waals surface area contributed by atoms with Crippen LogP contribution in [0.2, 0.25) is 10.0 Å². The number of benzene rings is 1. The molecule has 0 saturated heterocycles. The highest BCUT2D eigenvalue weighted by atomic mass is 35.5. The summed E-state index contributed by atoms with van der Waals surface area (Å²) < 4.78 is 15.1. The number of aromatic nitrogens is 3. The van der Waals surface area contributed by atoms with Crippen molar-refractivity contribution in [3.8, 4) is 5.82 Å². The van der Waals surface area contributed by atoms with Crippen LogP contribution in [0.5, 0.6) is 0 Å². The maximum atomic E-state index is 13.7. The van der Waals surface area contributed by atoms with Crippen LogP contribution in [0.25, 0.3) is 5.82 Å². The molecular formula is C16H11Cl2FN4O. The lowest BCUT2D eigenvalue weighted by atomic mass is 10.2. The van der Waals surface area contributed by atoms with Gasteiger partial charge in [-0.05, 0) is 25.1 Å². The number of pyridine rings is 1. The average molecular weight is 365 g/mol. The van der Waals surface area contributed by atoms with Gasteiger partial charge >= 0.3 is 0 Å². The lowest BCUT2D eigenvalue weighted by Crippen LogP contribution is -2.17. The summed E-state index contributed by atoms with van der Waals surface area (Å²) in [6.45, 7) is 1.75. The van der Waals surface area contributed by atoms with Crippen molar-refractivity contribution in [1.29, 1.82) is 0 Å². The summed E-state index contributed by atoms with van der Waals surface area (Å²) in [4.78, 5) is 16.4. The number of carbonyl (C=O) groups excluding carboxylic acids is 1. The van der Waals surface area contributed by atoms with Gasteiger partial charge < -0.3 is 5.32 Å². The fourth-order valence-corrected chi connectivity index (χ4v) is 2.60. The third kappa shape index (κ3) is 3.25. The van der Waals surface area contributed by atoms with Crippen LogP contribution in [0.3, 0.4) is 0 Å². The zero-order valence-electron chi connectivity index (χ0n) is 12.4. The number of carbonyl (C=O) groups is 1. The number of hydrogen-bond acceptors (Lipinski definition) is 3. The van der Waals surface area contributed by atoms with E-state index in [4.69, 9.17) is 23.2 Å². The zero-order valence-corrected chi connectivity index (χ0v) is 13.9. The summed E-state index contributed by atoms with van der Waals surface area (Å²) in [6.07, 6.45) is 1.42. The molecule has 0 aliphatic rings. The highest BCUT2D eigenvalue weighted by molar-refractivity contribution is 6.35. The third-order valence-corrected chi connectivity index (χ3v) is 3.67. The van der Waals surface area contributed by atoms with Gasteiger partial charge in [0.1, 0.15) is 11.6 Å². The maximum absolute atomic E-state index is 13.7. The lowest BCUT2D eigenvalue weighted by Gasteiger charge is -2.10. The number of rotatable bonds is 3. The Hall–Kier alpha value is -2.44. The van der Waals surface area contributed by atoms with Crippen molar-refractivity contribution in [3.05, 3.63) is 69.7 Å². The minimum absolute atomic E-state index is 0.0712. The molecule has 122 valence electrons. The predicted octanol–water partition coefficient (Wildman–Crippen LogP) is 4.27. The fourth-order valence-electron chi connectivity index (χ4n) is 2.14. The number of halogens is 3. The molecule has 0 fully saturated rings. The van der Waals surface area contributed by atoms with E-state index in [-0.39, 0.29) is 10.6 Å². The molecule has 0 saturated carbocycles. The topological polar surface area (TPSA) is 59.8 Å². The van der Waals surface area contributed by atoms with E-state index in [2.05, 4.69) is 15.4 Å². The molecule has 1 aromatic carbocycles. The quantitative estimate of drug-likeness (QED) is 0.754. The summed E-state index contributed by atoms with van der Waals surface area (Å²) >= 11 is 12.0. The highest BCUT2D eigenvalue weighted by Gasteiger charge is 2.17. The number of nitrogens with zero attached hydrogens (tertiary/aromatic N) is 3. The summed E-state index contributed by atoms with van der Waals surface area (Å²) in [7, 11) is 0. The van der Waals surface area contributed by atoms with Crippen molar-refractivity contribution < 1.29 is 9.18 Å². The van der Waals surface area contributed by atoms with Gasteiger partial charge in [0.15, 0.2) is 5.82 Å². The van der Waals surface area contributed by atoms with Crippen molar-refractivity contribution in [2.75, 3.05) is 5.32 Å². The second-order valence-corrected chi connectivity index (χ2v) is 5.82. The van der Waals surface area contributed by atoms with Gasteiger partial charge in [-0.1, -0.05) is 35.3 Å². The second-order valence-electron chi connectivity index (χ2n) is 4.98. The van der Waals surface area contributed by atoms with Crippen molar-refractivity contribution in [2.24, 2.45) is 0 Å². The monoisotopic (exact) mass is 364 g/mol. The molecule has 0 atom stereocenters. The van der Waals surface area contributed by atoms with E-state index in [1.165, 1.54) is 35.1 Å². The standard InChI is InChI=1S/C16H11Cl2FN4O/c1-9-6-14(21-16(24)11-4-2-3-5-13(11)19)23(22-9)15-12(18)7-10(17)8-20-15/h2-8H,1H3,(H,21,24). The Labute approximate surface area is 147 Å². The zero-order chi connectivity index (χ0) is 17.3. The van der Waals surface area contributed by atoms with E-state index in [0.717, 1.165) is 0 Å². The molecule has 1 amide bonds. The van der Waals surface area contributed by atoms with E-state index >= 15 is 0 Å². The molecular weight excluding hydrogens is 354 g/mol. The first-order chi connectivity index (χ1) is 11.5. The minimum atomic E-state index is -0.611. The van der Waals surface area contributed by atoms with Crippen molar-refractivity contribution >= 4 is 34.9 Å². The normalized spacial score (nSPS) is 10.7. The van der Waals surface area contributed by atoms with Crippen LogP contribution >= 0.6 is 23.2 Å². The number of hydrogen-bond donors (Lipinski definition) is 1. The van der Waals surface area contributed by atoms with E-state index in [9.17, 15) is 9.18 Å². The number of aryl methyl sites for hydroxylation is 1. The van der Waals surface area contributed by atoms with E-state index in [1.54, 1.807) is 19.1 Å². The minimum Gasteiger partial charge on any atom is -0.306 e. The van der Waals surface area contributed by atoms with Crippen LogP contribution in [-0.4, -0.2) is 20.7 Å². The number of nitrogens with one attached hydrogen (secondary N) is 1. The Balaban J connectivity index is 1.98. The SMILES string of the molecule is Cc1cc(NC(=O)c2ccccc2F)n(-c2ncc(Cl)cc2Cl)n1. The van der Waals surface area contributed by atoms with E-state index in [0.29, 0.717) is 22.4 Å². The highest BCUT2D eigenvalue weighted by Crippen LogP contribution is 2.25. The van der Waals surface area contributed by atoms with E-state index < -0.39 is 11.7 Å². The summed E-state index contributed by atoms with van der Waals surface area (Å²) in [5.74, 6) is -0.588. The molecule has 0 radical (unpaired) electrons. The van der Waals surface area contributed by atoms with Crippen LogP contribution in [0.1, 0.15) is 16.1 Å². The lowest BCUT2D eigenvalue weighted by molar-refractivity contribution is 0.102. The largest absolute Gasteiger partial charge is 0.306 e. The Morgan fingerprint density at radius 2 is 2.00 bits per heavy atom. The second kappa shape index (κ2) is 6.59. The Morgan fingerprint density at radius 3 is 2.71 bits per heavy atom. The molecule has 2 heterocycles. The van der Waals surface area contributed by atoms with Crippen molar-refractivity contribution in [1.82, 2.24) is 14.8 Å². The van der Waals surface area contributed by atoms with Crippen LogP contribution in [0.4, 0.5) is 10.2 Å². The summed E-state index contributed by atoms with van der Waals surface area (Å²) in [5.41, 5.74) is 0.560. The van der Waals surface area contributed by atoms with Gasteiger partial charge in [-0.3, -0.25) is 4.79 Å². The Kier molecular flexibility index (Phi) is 4.51. The van der Waals surface area contributed by atoms with Gasteiger partial charge in [-0.2, -0.15) is 9.78 Å². The van der Waals surface area contributed by atoms with Crippen molar-refractivity contribution in [3.63, 3.8) is 0 Å². The molecule has 0 aliphatic heterocycles. The molecule has 1 N–H and O–H groups in total. The third-order valence-electron chi connectivity index (χ3n) is 3.18. The molecule has 5 nitrogen and oxygen atoms in total.